The van der Waals surface area contributed by atoms with Crippen molar-refractivity contribution in [3.8, 4) is 11.3 Å². The fourth-order valence-electron chi connectivity index (χ4n) is 7.61. The molecule has 1 aliphatic carbocycles. The molecule has 250 valence electrons. The Kier molecular flexibility index (Phi) is 9.09. The fraction of sp³-hybridized carbons (Fsp3) is 0.500. The fourth-order valence-corrected chi connectivity index (χ4v) is 7.61. The number of aromatic nitrogens is 2. The number of nitrogens with zero attached hydrogens (tertiary/aromatic N) is 5. The molecule has 1 unspecified atom stereocenters. The Morgan fingerprint density at radius 3 is 2.32 bits per heavy atom. The molecule has 47 heavy (non-hydrogen) atoms. The van der Waals surface area contributed by atoms with Gasteiger partial charge in [-0.15, -0.1) is 0 Å². The van der Waals surface area contributed by atoms with Crippen LogP contribution >= 0.6 is 0 Å². The highest BCUT2D eigenvalue weighted by Crippen LogP contribution is 2.49. The summed E-state index contributed by atoms with van der Waals surface area (Å²) in [6, 6.07) is 13.5. The van der Waals surface area contributed by atoms with E-state index in [4.69, 9.17) is 4.74 Å². The molecule has 9 nitrogen and oxygen atoms in total. The number of carbonyl (C=O) groups is 2. The van der Waals surface area contributed by atoms with Gasteiger partial charge in [0.2, 0.25) is 0 Å². The molecule has 0 radical (unpaired) electrons. The van der Waals surface area contributed by atoms with Crippen LogP contribution in [0.2, 0.25) is 0 Å². The summed E-state index contributed by atoms with van der Waals surface area (Å²) < 4.78 is 36.1. The van der Waals surface area contributed by atoms with Crippen LogP contribution in [0.1, 0.15) is 64.5 Å². The van der Waals surface area contributed by atoms with Crippen LogP contribution in [0, 0.1) is 23.0 Å². The quantitative estimate of drug-likeness (QED) is 0.323. The third-order valence-corrected chi connectivity index (χ3v) is 9.90. The SMILES string of the molecule is CC(C)(C)OC(=O)N1CCN(C(=O)N2CCC(Cn3cnc(-c4ccccc4)cc3=O)C3(CCCC3)C2)[C@H](c2cc(F)cc(F)c2)C1. The van der Waals surface area contributed by atoms with Gasteiger partial charge in [-0.3, -0.25) is 9.36 Å². The van der Waals surface area contributed by atoms with Crippen molar-refractivity contribution < 1.29 is 23.1 Å². The molecule has 0 bridgehead atoms. The Morgan fingerprint density at radius 1 is 0.957 bits per heavy atom. The van der Waals surface area contributed by atoms with Gasteiger partial charge >= 0.3 is 12.1 Å². The van der Waals surface area contributed by atoms with Gasteiger partial charge in [0, 0.05) is 57.0 Å². The number of carbonyl (C=O) groups excluding carboxylic acids is 2. The number of benzene rings is 2. The van der Waals surface area contributed by atoms with Crippen molar-refractivity contribution in [2.45, 2.75) is 71.1 Å². The van der Waals surface area contributed by atoms with Gasteiger partial charge in [0.05, 0.1) is 18.1 Å². The zero-order chi connectivity index (χ0) is 33.3. The van der Waals surface area contributed by atoms with Crippen LogP contribution < -0.4 is 5.56 Å². The lowest BCUT2D eigenvalue weighted by Crippen LogP contribution is -2.59. The number of piperidine rings is 1. The minimum atomic E-state index is -0.751. The summed E-state index contributed by atoms with van der Waals surface area (Å²) >= 11 is 0. The molecular formula is C36H43F2N5O4. The van der Waals surface area contributed by atoms with Gasteiger partial charge in [-0.05, 0) is 69.1 Å². The minimum absolute atomic E-state index is 0.0556. The lowest BCUT2D eigenvalue weighted by Gasteiger charge is -2.49. The number of ether oxygens (including phenoxy) is 1. The second-order valence-electron chi connectivity index (χ2n) is 14.2. The van der Waals surface area contributed by atoms with Crippen molar-refractivity contribution in [1.29, 1.82) is 0 Å². The number of piperazine rings is 1. The largest absolute Gasteiger partial charge is 0.444 e. The summed E-state index contributed by atoms with van der Waals surface area (Å²) in [7, 11) is 0. The van der Waals surface area contributed by atoms with Gasteiger partial charge in [-0.2, -0.15) is 0 Å². The predicted molar refractivity (Wildman–Crippen MR) is 174 cm³/mol. The molecule has 3 heterocycles. The van der Waals surface area contributed by atoms with Crippen molar-refractivity contribution in [3.63, 3.8) is 0 Å². The zero-order valence-electron chi connectivity index (χ0n) is 27.3. The van der Waals surface area contributed by atoms with Crippen LogP contribution in [0.15, 0.2) is 65.7 Å². The molecule has 2 atom stereocenters. The van der Waals surface area contributed by atoms with Crippen molar-refractivity contribution >= 4 is 12.1 Å². The Labute approximate surface area is 274 Å². The maximum Gasteiger partial charge on any atom is 0.410 e. The van der Waals surface area contributed by atoms with Gasteiger partial charge in [0.25, 0.3) is 5.56 Å². The highest BCUT2D eigenvalue weighted by molar-refractivity contribution is 5.76. The van der Waals surface area contributed by atoms with Crippen molar-refractivity contribution in [3.05, 3.63) is 88.5 Å². The lowest BCUT2D eigenvalue weighted by atomic mass is 9.69. The zero-order valence-corrected chi connectivity index (χ0v) is 27.3. The van der Waals surface area contributed by atoms with Crippen molar-refractivity contribution in [1.82, 2.24) is 24.3 Å². The summed E-state index contributed by atoms with van der Waals surface area (Å²) in [6.45, 7) is 7.39. The molecule has 3 fully saturated rings. The first-order valence-electron chi connectivity index (χ1n) is 16.5. The van der Waals surface area contributed by atoms with Crippen LogP contribution in [0.4, 0.5) is 18.4 Å². The molecule has 0 N–H and O–H groups in total. The highest BCUT2D eigenvalue weighted by Gasteiger charge is 2.48. The lowest BCUT2D eigenvalue weighted by molar-refractivity contribution is -0.00227. The Bertz CT molecular complexity index is 1650. The van der Waals surface area contributed by atoms with Crippen LogP contribution in [0.3, 0.4) is 0 Å². The number of amides is 3. The molecule has 3 aromatic rings. The van der Waals surface area contributed by atoms with Crippen molar-refractivity contribution in [2.75, 3.05) is 32.7 Å². The molecule has 11 heteroatoms. The monoisotopic (exact) mass is 647 g/mol. The number of hydrogen-bond acceptors (Lipinski definition) is 5. The normalized spacial score (nSPS) is 21.3. The van der Waals surface area contributed by atoms with E-state index >= 15 is 0 Å². The van der Waals surface area contributed by atoms with Gasteiger partial charge in [0.15, 0.2) is 0 Å². The molecule has 1 aromatic heterocycles. The average Bonchev–Trinajstić information content (AvgIpc) is 3.50. The van der Waals surface area contributed by atoms with E-state index in [1.165, 1.54) is 17.0 Å². The van der Waals surface area contributed by atoms with E-state index in [1.54, 1.807) is 42.6 Å². The van der Waals surface area contributed by atoms with E-state index in [1.807, 2.05) is 35.2 Å². The molecule has 2 aliphatic heterocycles. The van der Waals surface area contributed by atoms with E-state index < -0.39 is 29.4 Å². The summed E-state index contributed by atoms with van der Waals surface area (Å²) in [5.74, 6) is -1.30. The number of rotatable bonds is 4. The second kappa shape index (κ2) is 13.1. The van der Waals surface area contributed by atoms with Gasteiger partial charge < -0.3 is 19.4 Å². The van der Waals surface area contributed by atoms with E-state index in [-0.39, 0.29) is 42.6 Å². The summed E-state index contributed by atoms with van der Waals surface area (Å²) in [6.07, 6.45) is 5.84. The molecule has 2 saturated heterocycles. The van der Waals surface area contributed by atoms with E-state index in [0.29, 0.717) is 30.9 Å². The summed E-state index contributed by atoms with van der Waals surface area (Å²) in [5, 5.41) is 0. The first kappa shape index (κ1) is 32.7. The number of halogens is 2. The van der Waals surface area contributed by atoms with E-state index in [0.717, 1.165) is 43.7 Å². The minimum Gasteiger partial charge on any atom is -0.444 e. The Hall–Kier alpha value is -4.28. The first-order valence-corrected chi connectivity index (χ1v) is 16.5. The van der Waals surface area contributed by atoms with Gasteiger partial charge in [0.1, 0.15) is 17.2 Å². The van der Waals surface area contributed by atoms with Crippen LogP contribution in [0.25, 0.3) is 11.3 Å². The molecule has 6 rings (SSSR count). The summed E-state index contributed by atoms with van der Waals surface area (Å²) in [4.78, 5) is 50.1. The van der Waals surface area contributed by atoms with Gasteiger partial charge in [-0.1, -0.05) is 43.2 Å². The van der Waals surface area contributed by atoms with Crippen molar-refractivity contribution in [2.24, 2.45) is 11.3 Å². The van der Waals surface area contributed by atoms with E-state index in [2.05, 4.69) is 4.98 Å². The predicted octanol–water partition coefficient (Wildman–Crippen LogP) is 6.48. The molecule has 3 aliphatic rings. The van der Waals surface area contributed by atoms with E-state index in [9.17, 15) is 23.2 Å². The summed E-state index contributed by atoms with van der Waals surface area (Å²) in [5.41, 5.74) is 0.864. The smallest absolute Gasteiger partial charge is 0.410 e. The Morgan fingerprint density at radius 2 is 1.66 bits per heavy atom. The van der Waals surface area contributed by atoms with Gasteiger partial charge in [-0.25, -0.2) is 23.4 Å². The second-order valence-corrected chi connectivity index (χ2v) is 14.2. The average molecular weight is 648 g/mol. The number of urea groups is 1. The first-order chi connectivity index (χ1) is 22.4. The van der Waals surface area contributed by atoms with Crippen LogP contribution in [-0.4, -0.2) is 74.7 Å². The number of likely N-dealkylation sites (tertiary alicyclic amines) is 1. The third kappa shape index (κ3) is 7.18. The Balaban J connectivity index is 1.21. The molecular weight excluding hydrogens is 604 g/mol. The maximum absolute atomic E-state index is 14.4. The standard InChI is InChI=1S/C36H43F2N5O4/c1-35(2,3)47-34(46)40-15-16-43(31(22-40)26-17-28(37)19-29(38)18-26)33(45)41-14-11-27(36(23-41)12-7-8-13-36)21-42-24-39-30(20-32(42)44)25-9-5-4-6-10-25/h4-6,9-10,17-20,24,27,31H,7-8,11-16,21-23H2,1-3H3/t27?,31-/m0/s1. The maximum atomic E-state index is 14.4. The van der Waals surface area contributed by atoms with Crippen LogP contribution in [0.5, 0.6) is 0 Å². The van der Waals surface area contributed by atoms with Crippen LogP contribution in [-0.2, 0) is 11.3 Å². The molecule has 3 amide bonds. The topological polar surface area (TPSA) is 88.0 Å². The highest BCUT2D eigenvalue weighted by atomic mass is 19.1. The number of hydrogen-bond donors (Lipinski definition) is 0. The molecule has 1 saturated carbocycles. The third-order valence-electron chi connectivity index (χ3n) is 9.90. The molecule has 1 spiro atoms. The molecule has 2 aromatic carbocycles.